The Hall–Kier alpha value is -2.27. The maximum atomic E-state index is 13.8. The van der Waals surface area contributed by atoms with Gasteiger partial charge in [0, 0.05) is 44.8 Å². The van der Waals surface area contributed by atoms with E-state index >= 15 is 0 Å². The van der Waals surface area contributed by atoms with Crippen molar-refractivity contribution in [3.05, 3.63) is 23.8 Å². The van der Waals surface area contributed by atoms with Crippen molar-refractivity contribution in [2.24, 2.45) is 23.7 Å². The molecular weight excluding hydrogens is 838 g/mol. The predicted octanol–water partition coefficient (Wildman–Crippen LogP) is 1.83. The molecular formula is C46H77NO17. The Morgan fingerprint density at radius 2 is 1.52 bits per heavy atom. The average molecular weight is 916 g/mol. The van der Waals surface area contributed by atoms with E-state index in [0.29, 0.717) is 12.0 Å². The lowest BCUT2D eigenvalue weighted by Gasteiger charge is -2.50. The summed E-state index contributed by atoms with van der Waals surface area (Å²) < 4.78 is 54.7. The molecule has 3 fully saturated rings. The molecule has 4 aliphatic heterocycles. The van der Waals surface area contributed by atoms with E-state index < -0.39 is 140 Å². The Balaban J connectivity index is 1.62. The highest BCUT2D eigenvalue weighted by Crippen LogP contribution is 2.37. The Bertz CT molecular complexity index is 1560. The van der Waals surface area contributed by atoms with Crippen LogP contribution in [0.1, 0.15) is 87.5 Å². The summed E-state index contributed by atoms with van der Waals surface area (Å²) in [6.45, 7) is 13.6. The van der Waals surface area contributed by atoms with Crippen molar-refractivity contribution in [3.63, 3.8) is 0 Å². The fraction of sp³-hybridized carbons (Fsp3) is 0.848. The molecule has 0 saturated carbocycles. The number of aliphatic hydroxyl groups excluding tert-OH is 4. The standard InChI is InChI=1S/C46H77NO17/c1-13-33-30(22-58-45-42(57-12)41(56-11)37(52)26(5)60-45)18-23(2)14-15-31(49)24(3)19-29(16-17-48)39(25(4)32(50)20-34(51)62-33)64-44-38(53)36(47(9)10)40(27(6)61-44)63-35-21-46(8,55)43(54)28(7)59-35/h14-15,17-18,24-30,32-33,35-45,50,52-55H,13,16,19-22H2,1-12H3/b15-14+,23-18+/t24-,25+,26?,27-,28?,29+,30-,32-,33-,35+,36?,37-,38?,39-,40-,41+,42?,43+,44+,45-,46?/m1/s1. The van der Waals surface area contributed by atoms with Gasteiger partial charge in [-0.15, -0.1) is 0 Å². The number of methoxy groups -OCH3 is 2. The lowest BCUT2D eigenvalue weighted by atomic mass is 9.79. The Morgan fingerprint density at radius 3 is 2.11 bits per heavy atom. The zero-order valence-corrected chi connectivity index (χ0v) is 39.7. The molecule has 5 N–H and O–H groups in total. The Kier molecular flexibility index (Phi) is 20.5. The van der Waals surface area contributed by atoms with E-state index in [1.54, 1.807) is 59.7 Å². The third kappa shape index (κ3) is 13.5. The number of rotatable bonds is 13. The smallest absolute Gasteiger partial charge is 0.308 e. The molecule has 0 aromatic carbocycles. The van der Waals surface area contributed by atoms with Crippen molar-refractivity contribution in [2.45, 2.75) is 191 Å². The molecule has 4 heterocycles. The highest BCUT2D eigenvalue weighted by molar-refractivity contribution is 5.91. The number of esters is 1. The number of carbonyl (C=O) groups is 3. The van der Waals surface area contributed by atoms with Gasteiger partial charge in [0.15, 0.2) is 24.7 Å². The Labute approximate surface area is 378 Å². The first-order valence-electron chi connectivity index (χ1n) is 22.7. The molecule has 64 heavy (non-hydrogen) atoms. The first-order chi connectivity index (χ1) is 30.1. The normalized spacial score (nSPS) is 45.9. The molecule has 3 saturated heterocycles. The quantitative estimate of drug-likeness (QED) is 0.131. The van der Waals surface area contributed by atoms with Crippen LogP contribution in [-0.2, 0) is 57.0 Å². The van der Waals surface area contributed by atoms with E-state index in [-0.39, 0.29) is 31.7 Å². The maximum Gasteiger partial charge on any atom is 0.308 e. The molecule has 21 atom stereocenters. The van der Waals surface area contributed by atoms with Crippen LogP contribution in [0, 0.1) is 23.7 Å². The minimum atomic E-state index is -1.49. The van der Waals surface area contributed by atoms with Crippen LogP contribution in [0.4, 0.5) is 0 Å². The van der Waals surface area contributed by atoms with E-state index in [9.17, 15) is 39.9 Å². The summed E-state index contributed by atoms with van der Waals surface area (Å²) in [7, 11) is 6.43. The van der Waals surface area contributed by atoms with E-state index in [0.717, 1.165) is 6.29 Å². The van der Waals surface area contributed by atoms with Crippen molar-refractivity contribution >= 4 is 18.0 Å². The fourth-order valence-electron chi connectivity index (χ4n) is 9.51. The van der Waals surface area contributed by atoms with Crippen LogP contribution in [-0.4, -0.2) is 187 Å². The van der Waals surface area contributed by atoms with Crippen LogP contribution < -0.4 is 0 Å². The molecule has 18 heteroatoms. The maximum absolute atomic E-state index is 13.8. The molecule has 4 aliphatic rings. The molecule has 0 bridgehead atoms. The van der Waals surface area contributed by atoms with Crippen LogP contribution in [0.3, 0.4) is 0 Å². The summed E-state index contributed by atoms with van der Waals surface area (Å²) in [6.07, 6.45) is -8.49. The largest absolute Gasteiger partial charge is 0.462 e. The lowest BCUT2D eigenvalue weighted by Crippen LogP contribution is -2.65. The zero-order chi connectivity index (χ0) is 47.8. The van der Waals surface area contributed by atoms with Crippen molar-refractivity contribution in [1.82, 2.24) is 4.90 Å². The van der Waals surface area contributed by atoms with Gasteiger partial charge in [0.1, 0.15) is 49.0 Å². The van der Waals surface area contributed by atoms with Crippen LogP contribution >= 0.6 is 0 Å². The predicted molar refractivity (Wildman–Crippen MR) is 230 cm³/mol. The molecule has 0 amide bonds. The molecule has 0 radical (unpaired) electrons. The number of aldehydes is 1. The Morgan fingerprint density at radius 1 is 0.859 bits per heavy atom. The minimum absolute atomic E-state index is 0.00788. The average Bonchev–Trinajstić information content (AvgIpc) is 3.23. The van der Waals surface area contributed by atoms with Gasteiger partial charge in [0.2, 0.25) is 0 Å². The SMILES string of the molecule is CC[C@H]1OC(=O)C[C@@H](O)[C@H](C)[C@@H](O[C@@H]2O[C@H](C)[C@@H](O[C@H]3CC(C)(O)[C@@H](O)C(C)O3)C(N(C)C)C2O)[C@@H](CC=O)C[C@@H](C)C(=O)/C=C/C(C)=C/[C@@H]1CO[C@@H]1OC(C)[C@@H](O)[C@H](OC)C1OC. The van der Waals surface area contributed by atoms with Crippen molar-refractivity contribution in [1.29, 1.82) is 0 Å². The molecule has 0 aliphatic carbocycles. The number of ketones is 1. The highest BCUT2D eigenvalue weighted by atomic mass is 16.7. The second-order valence-corrected chi connectivity index (χ2v) is 18.7. The van der Waals surface area contributed by atoms with Crippen LogP contribution in [0.25, 0.3) is 0 Å². The number of cyclic esters (lactones) is 1. The molecule has 4 rings (SSSR count). The lowest BCUT2D eigenvalue weighted by molar-refractivity contribution is -0.341. The van der Waals surface area contributed by atoms with E-state index in [1.165, 1.54) is 27.2 Å². The molecule has 18 nitrogen and oxygen atoms in total. The first-order valence-corrected chi connectivity index (χ1v) is 22.7. The van der Waals surface area contributed by atoms with Gasteiger partial charge in [0.25, 0.3) is 0 Å². The van der Waals surface area contributed by atoms with Crippen molar-refractivity contribution < 1.29 is 82.5 Å². The number of hydrogen-bond donors (Lipinski definition) is 5. The van der Waals surface area contributed by atoms with Crippen LogP contribution in [0.15, 0.2) is 23.8 Å². The number of aliphatic hydroxyl groups is 5. The molecule has 0 aromatic heterocycles. The molecule has 0 aromatic rings. The van der Waals surface area contributed by atoms with Gasteiger partial charge in [-0.05, 0) is 73.5 Å². The summed E-state index contributed by atoms with van der Waals surface area (Å²) in [5.41, 5.74) is -0.806. The van der Waals surface area contributed by atoms with Gasteiger partial charge in [-0.1, -0.05) is 38.5 Å². The second-order valence-electron chi connectivity index (χ2n) is 18.7. The van der Waals surface area contributed by atoms with Gasteiger partial charge in [-0.2, -0.15) is 0 Å². The highest BCUT2D eigenvalue weighted by Gasteiger charge is 2.52. The van der Waals surface area contributed by atoms with Gasteiger partial charge >= 0.3 is 5.97 Å². The molecule has 6 unspecified atom stereocenters. The van der Waals surface area contributed by atoms with Crippen molar-refractivity contribution in [3.8, 4) is 0 Å². The molecule has 368 valence electrons. The summed E-state index contributed by atoms with van der Waals surface area (Å²) in [6, 6.07) is -0.748. The van der Waals surface area contributed by atoms with Crippen LogP contribution in [0.2, 0.25) is 0 Å². The molecule has 0 spiro atoms. The van der Waals surface area contributed by atoms with Gasteiger partial charge in [0.05, 0.1) is 55.2 Å². The number of allylic oxidation sites excluding steroid dienone is 3. The van der Waals surface area contributed by atoms with Gasteiger partial charge in [-0.3, -0.25) is 9.59 Å². The van der Waals surface area contributed by atoms with E-state index in [2.05, 4.69) is 0 Å². The summed E-state index contributed by atoms with van der Waals surface area (Å²) >= 11 is 0. The number of nitrogens with zero attached hydrogens (tertiary/aromatic N) is 1. The number of ether oxygens (including phenoxy) is 9. The van der Waals surface area contributed by atoms with E-state index in [1.807, 2.05) is 19.9 Å². The third-order valence-corrected chi connectivity index (χ3v) is 13.4. The fourth-order valence-corrected chi connectivity index (χ4v) is 9.51. The second kappa shape index (κ2) is 24.1. The first kappa shape index (κ1) is 54.3. The number of carbonyl (C=O) groups excluding carboxylic acids is 3. The zero-order valence-electron chi connectivity index (χ0n) is 39.7. The van der Waals surface area contributed by atoms with E-state index in [4.69, 9.17) is 42.6 Å². The minimum Gasteiger partial charge on any atom is -0.462 e. The summed E-state index contributed by atoms with van der Waals surface area (Å²) in [5.74, 6) is -3.59. The third-order valence-electron chi connectivity index (χ3n) is 13.4. The van der Waals surface area contributed by atoms with Gasteiger partial charge in [-0.25, -0.2) is 0 Å². The number of likely N-dealkylation sites (N-methyl/N-ethyl adjacent to an activating group) is 1. The topological polar surface area (TPSA) is 239 Å². The summed E-state index contributed by atoms with van der Waals surface area (Å²) in [4.78, 5) is 41.5. The van der Waals surface area contributed by atoms with Crippen LogP contribution in [0.5, 0.6) is 0 Å². The monoisotopic (exact) mass is 916 g/mol. The summed E-state index contributed by atoms with van der Waals surface area (Å²) in [5, 5.41) is 55.8. The van der Waals surface area contributed by atoms with Gasteiger partial charge < -0.3 is 77.9 Å². The van der Waals surface area contributed by atoms with Crippen molar-refractivity contribution in [2.75, 3.05) is 34.9 Å². The number of hydrogen-bond acceptors (Lipinski definition) is 18.